The molecule has 0 aliphatic rings. The van der Waals surface area contributed by atoms with Gasteiger partial charge in [0.2, 0.25) is 0 Å². The Balaban J connectivity index is 2.60. The molecular formula is C13H21N3O. The maximum Gasteiger partial charge on any atom is 0.153 e. The van der Waals surface area contributed by atoms with Crippen LogP contribution in [0.5, 0.6) is 0 Å². The number of benzene rings is 1. The van der Waals surface area contributed by atoms with Crippen molar-refractivity contribution < 1.29 is 5.21 Å². The lowest BCUT2D eigenvalue weighted by Gasteiger charge is -2.19. The smallest absolute Gasteiger partial charge is 0.153 e. The molecule has 0 radical (unpaired) electrons. The maximum atomic E-state index is 8.55. The lowest BCUT2D eigenvalue weighted by Crippen LogP contribution is -2.33. The molecule has 0 amide bonds. The third-order valence-electron chi connectivity index (χ3n) is 2.80. The van der Waals surface area contributed by atoms with Crippen molar-refractivity contribution in [3.05, 3.63) is 35.4 Å². The Morgan fingerprint density at radius 1 is 1.24 bits per heavy atom. The SMILES string of the molecule is CCc1ccc(CN(CC)CC(N)=NO)cc1. The molecule has 0 saturated carbocycles. The summed E-state index contributed by atoms with van der Waals surface area (Å²) in [6, 6.07) is 8.56. The molecule has 0 atom stereocenters. The monoisotopic (exact) mass is 235 g/mol. The summed E-state index contributed by atoms with van der Waals surface area (Å²) in [7, 11) is 0. The molecule has 0 aliphatic heterocycles. The van der Waals surface area contributed by atoms with Crippen LogP contribution >= 0.6 is 0 Å². The number of nitrogens with two attached hydrogens (primary N) is 1. The first-order valence-electron chi connectivity index (χ1n) is 5.96. The number of rotatable bonds is 6. The van der Waals surface area contributed by atoms with Gasteiger partial charge in [-0.25, -0.2) is 0 Å². The summed E-state index contributed by atoms with van der Waals surface area (Å²) in [4.78, 5) is 2.12. The van der Waals surface area contributed by atoms with Crippen LogP contribution in [0.1, 0.15) is 25.0 Å². The van der Waals surface area contributed by atoms with Gasteiger partial charge in [0.25, 0.3) is 0 Å². The van der Waals surface area contributed by atoms with E-state index in [1.165, 1.54) is 11.1 Å². The third-order valence-corrected chi connectivity index (χ3v) is 2.80. The van der Waals surface area contributed by atoms with Crippen molar-refractivity contribution in [2.75, 3.05) is 13.1 Å². The second-order valence-electron chi connectivity index (χ2n) is 4.06. The van der Waals surface area contributed by atoms with Crippen molar-refractivity contribution in [3.63, 3.8) is 0 Å². The molecule has 4 nitrogen and oxygen atoms in total. The molecule has 0 spiro atoms. The Kier molecular flexibility index (Phi) is 5.49. The Morgan fingerprint density at radius 2 is 1.82 bits per heavy atom. The summed E-state index contributed by atoms with van der Waals surface area (Å²) in [5.41, 5.74) is 8.09. The summed E-state index contributed by atoms with van der Waals surface area (Å²) < 4.78 is 0. The van der Waals surface area contributed by atoms with E-state index in [0.29, 0.717) is 6.54 Å². The number of nitrogens with zero attached hydrogens (tertiary/aromatic N) is 2. The van der Waals surface area contributed by atoms with Gasteiger partial charge >= 0.3 is 0 Å². The maximum absolute atomic E-state index is 8.55. The molecule has 94 valence electrons. The van der Waals surface area contributed by atoms with E-state index in [1.807, 2.05) is 0 Å². The van der Waals surface area contributed by atoms with Gasteiger partial charge in [0, 0.05) is 6.54 Å². The van der Waals surface area contributed by atoms with E-state index < -0.39 is 0 Å². The largest absolute Gasteiger partial charge is 0.409 e. The predicted octanol–water partition coefficient (Wildman–Crippen LogP) is 1.82. The summed E-state index contributed by atoms with van der Waals surface area (Å²) in [6.45, 7) is 6.38. The molecule has 3 N–H and O–H groups in total. The summed E-state index contributed by atoms with van der Waals surface area (Å²) in [5, 5.41) is 11.5. The fraction of sp³-hybridized carbons (Fsp3) is 0.462. The number of aryl methyl sites for hydroxylation is 1. The first kappa shape index (κ1) is 13.5. The molecule has 0 aliphatic carbocycles. The van der Waals surface area contributed by atoms with E-state index in [0.717, 1.165) is 19.5 Å². The highest BCUT2D eigenvalue weighted by molar-refractivity contribution is 5.81. The van der Waals surface area contributed by atoms with Crippen molar-refractivity contribution >= 4 is 5.84 Å². The van der Waals surface area contributed by atoms with Gasteiger partial charge < -0.3 is 10.9 Å². The van der Waals surface area contributed by atoms with Crippen molar-refractivity contribution in [2.45, 2.75) is 26.8 Å². The van der Waals surface area contributed by atoms with Gasteiger partial charge in [0.05, 0.1) is 6.54 Å². The Morgan fingerprint density at radius 3 is 2.29 bits per heavy atom. The van der Waals surface area contributed by atoms with Gasteiger partial charge in [-0.1, -0.05) is 43.3 Å². The summed E-state index contributed by atoms with van der Waals surface area (Å²) in [6.07, 6.45) is 1.06. The van der Waals surface area contributed by atoms with E-state index in [4.69, 9.17) is 10.9 Å². The zero-order chi connectivity index (χ0) is 12.7. The van der Waals surface area contributed by atoms with Gasteiger partial charge in [-0.3, -0.25) is 4.90 Å². The minimum atomic E-state index is 0.247. The van der Waals surface area contributed by atoms with Crippen LogP contribution in [-0.4, -0.2) is 29.0 Å². The van der Waals surface area contributed by atoms with Crippen molar-refractivity contribution in [2.24, 2.45) is 10.9 Å². The molecule has 0 unspecified atom stereocenters. The fourth-order valence-corrected chi connectivity index (χ4v) is 1.68. The predicted molar refractivity (Wildman–Crippen MR) is 70.2 cm³/mol. The van der Waals surface area contributed by atoms with Crippen LogP contribution in [0, 0.1) is 0 Å². The van der Waals surface area contributed by atoms with Gasteiger partial charge in [0.1, 0.15) is 0 Å². The van der Waals surface area contributed by atoms with Crippen molar-refractivity contribution in [3.8, 4) is 0 Å². The zero-order valence-electron chi connectivity index (χ0n) is 10.6. The minimum absolute atomic E-state index is 0.247. The topological polar surface area (TPSA) is 61.8 Å². The lowest BCUT2D eigenvalue weighted by molar-refractivity contribution is 0.294. The highest BCUT2D eigenvalue weighted by atomic mass is 16.4. The second-order valence-corrected chi connectivity index (χ2v) is 4.06. The molecule has 4 heteroatoms. The fourth-order valence-electron chi connectivity index (χ4n) is 1.68. The molecular weight excluding hydrogens is 214 g/mol. The summed E-state index contributed by atoms with van der Waals surface area (Å²) >= 11 is 0. The second kappa shape index (κ2) is 6.91. The van der Waals surface area contributed by atoms with Crippen LogP contribution in [0.3, 0.4) is 0 Å². The highest BCUT2D eigenvalue weighted by Gasteiger charge is 2.06. The van der Waals surface area contributed by atoms with Crippen LogP contribution in [0.4, 0.5) is 0 Å². The lowest BCUT2D eigenvalue weighted by atomic mass is 10.1. The standard InChI is InChI=1S/C13H21N3O/c1-3-11-5-7-12(8-6-11)9-16(4-2)10-13(14)15-17/h5-8,17H,3-4,9-10H2,1-2H3,(H2,14,15). The number of hydrogen-bond donors (Lipinski definition) is 2. The average Bonchev–Trinajstić information content (AvgIpc) is 2.38. The van der Waals surface area contributed by atoms with Crippen LogP contribution in [0.2, 0.25) is 0 Å². The van der Waals surface area contributed by atoms with Crippen molar-refractivity contribution in [1.29, 1.82) is 0 Å². The zero-order valence-corrected chi connectivity index (χ0v) is 10.6. The molecule has 0 fully saturated rings. The van der Waals surface area contributed by atoms with Gasteiger partial charge in [-0.05, 0) is 24.1 Å². The number of likely N-dealkylation sites (N-methyl/N-ethyl adjacent to an activating group) is 1. The highest BCUT2D eigenvalue weighted by Crippen LogP contribution is 2.07. The van der Waals surface area contributed by atoms with E-state index in [-0.39, 0.29) is 5.84 Å². The van der Waals surface area contributed by atoms with Gasteiger partial charge in [-0.15, -0.1) is 0 Å². The van der Waals surface area contributed by atoms with E-state index in [9.17, 15) is 0 Å². The molecule has 1 aromatic rings. The van der Waals surface area contributed by atoms with Crippen LogP contribution in [0.25, 0.3) is 0 Å². The Bertz CT molecular complexity index is 359. The molecule has 1 aromatic carbocycles. The van der Waals surface area contributed by atoms with Gasteiger partial charge in [-0.2, -0.15) is 0 Å². The number of amidine groups is 1. The third kappa shape index (κ3) is 4.44. The Labute approximate surface area is 103 Å². The molecule has 1 rings (SSSR count). The van der Waals surface area contributed by atoms with Crippen molar-refractivity contribution in [1.82, 2.24) is 4.90 Å². The van der Waals surface area contributed by atoms with E-state index in [1.54, 1.807) is 0 Å². The Hall–Kier alpha value is -1.55. The number of oxime groups is 1. The molecule has 17 heavy (non-hydrogen) atoms. The molecule has 0 bridgehead atoms. The van der Waals surface area contributed by atoms with Gasteiger partial charge in [0.15, 0.2) is 5.84 Å². The minimum Gasteiger partial charge on any atom is -0.409 e. The molecule has 0 heterocycles. The first-order valence-corrected chi connectivity index (χ1v) is 5.96. The molecule has 0 aromatic heterocycles. The number of hydrogen-bond acceptors (Lipinski definition) is 3. The van der Waals surface area contributed by atoms with E-state index >= 15 is 0 Å². The van der Waals surface area contributed by atoms with E-state index in [2.05, 4.69) is 48.2 Å². The first-order chi connectivity index (χ1) is 8.19. The summed E-state index contributed by atoms with van der Waals surface area (Å²) in [5.74, 6) is 0.247. The quantitative estimate of drug-likeness (QED) is 0.342. The average molecular weight is 235 g/mol. The normalized spacial score (nSPS) is 12.1. The van der Waals surface area contributed by atoms with Crippen LogP contribution in [0.15, 0.2) is 29.4 Å². The van der Waals surface area contributed by atoms with Crippen LogP contribution in [-0.2, 0) is 13.0 Å². The van der Waals surface area contributed by atoms with Crippen LogP contribution < -0.4 is 5.73 Å². The molecule has 0 saturated heterocycles.